The van der Waals surface area contributed by atoms with Crippen molar-refractivity contribution >= 4 is 11.9 Å². The molecule has 1 amide bonds. The normalized spacial score (nSPS) is 18.0. The van der Waals surface area contributed by atoms with Gasteiger partial charge >= 0.3 is 5.97 Å². The predicted molar refractivity (Wildman–Crippen MR) is 82.4 cm³/mol. The topological polar surface area (TPSA) is 88.3 Å². The van der Waals surface area contributed by atoms with Crippen molar-refractivity contribution in [3.8, 4) is 5.69 Å². The summed E-state index contributed by atoms with van der Waals surface area (Å²) in [5.74, 6) is -1.35. The summed E-state index contributed by atoms with van der Waals surface area (Å²) in [6.45, 7) is 2.43. The van der Waals surface area contributed by atoms with Gasteiger partial charge in [0.25, 0.3) is 5.91 Å². The van der Waals surface area contributed by atoms with Crippen LogP contribution in [0.25, 0.3) is 5.69 Å². The van der Waals surface area contributed by atoms with E-state index in [0.29, 0.717) is 13.0 Å². The van der Waals surface area contributed by atoms with Crippen LogP contribution >= 0.6 is 0 Å². The minimum atomic E-state index is -0.969. The molecule has 0 saturated carbocycles. The van der Waals surface area contributed by atoms with E-state index in [1.165, 1.54) is 9.58 Å². The lowest BCUT2D eigenvalue weighted by Crippen LogP contribution is -2.48. The molecule has 1 unspecified atom stereocenters. The van der Waals surface area contributed by atoms with Gasteiger partial charge in [-0.3, -0.25) is 4.79 Å². The smallest absolute Gasteiger partial charge is 0.326 e. The summed E-state index contributed by atoms with van der Waals surface area (Å²) in [5.41, 5.74) is 2.09. The molecular weight excluding hydrogens is 296 g/mol. The van der Waals surface area contributed by atoms with Crippen LogP contribution in [0.1, 0.15) is 35.3 Å². The van der Waals surface area contributed by atoms with Gasteiger partial charge in [0.2, 0.25) is 0 Å². The molecule has 3 rings (SSSR count). The summed E-state index contributed by atoms with van der Waals surface area (Å²) in [6.07, 6.45) is 3.64. The number of carbonyl (C=O) groups is 2. The number of amides is 1. The highest BCUT2D eigenvalue weighted by Gasteiger charge is 2.33. The van der Waals surface area contributed by atoms with Gasteiger partial charge in [0.1, 0.15) is 6.04 Å². The van der Waals surface area contributed by atoms with Crippen LogP contribution in [0.5, 0.6) is 0 Å². The zero-order valence-electron chi connectivity index (χ0n) is 12.8. The van der Waals surface area contributed by atoms with Crippen molar-refractivity contribution in [2.45, 2.75) is 32.2 Å². The number of aryl methyl sites for hydroxylation is 1. The minimum Gasteiger partial charge on any atom is -0.480 e. The molecule has 0 radical (unpaired) electrons. The number of aromatic nitrogens is 3. The average Bonchev–Trinajstić information content (AvgIpc) is 3.04. The van der Waals surface area contributed by atoms with Crippen LogP contribution in [0, 0.1) is 6.92 Å². The summed E-state index contributed by atoms with van der Waals surface area (Å²) in [6, 6.07) is 6.90. The lowest BCUT2D eigenvalue weighted by molar-refractivity contribution is -0.143. The summed E-state index contributed by atoms with van der Waals surface area (Å²) in [5, 5.41) is 17.2. The minimum absolute atomic E-state index is 0.165. The van der Waals surface area contributed by atoms with E-state index in [-0.39, 0.29) is 11.6 Å². The second-order valence-electron chi connectivity index (χ2n) is 5.73. The van der Waals surface area contributed by atoms with Crippen molar-refractivity contribution < 1.29 is 14.7 Å². The molecule has 0 spiro atoms. The average molecular weight is 314 g/mol. The third-order valence-corrected chi connectivity index (χ3v) is 4.06. The number of piperidine rings is 1. The molecule has 1 aliphatic heterocycles. The van der Waals surface area contributed by atoms with Crippen molar-refractivity contribution in [3.05, 3.63) is 41.7 Å². The van der Waals surface area contributed by atoms with Gasteiger partial charge in [-0.2, -0.15) is 0 Å². The van der Waals surface area contributed by atoms with Gasteiger partial charge in [0.15, 0.2) is 5.69 Å². The number of nitrogens with zero attached hydrogens (tertiary/aromatic N) is 4. The SMILES string of the molecule is Cc1ccc(-n2cc(C(=O)N3CCCCC3C(=O)O)nn2)cc1. The molecule has 23 heavy (non-hydrogen) atoms. The van der Waals surface area contributed by atoms with E-state index in [0.717, 1.165) is 24.1 Å². The highest BCUT2D eigenvalue weighted by Crippen LogP contribution is 2.19. The monoisotopic (exact) mass is 314 g/mol. The van der Waals surface area contributed by atoms with Gasteiger partial charge in [-0.25, -0.2) is 9.48 Å². The number of hydrogen-bond donors (Lipinski definition) is 1. The summed E-state index contributed by atoms with van der Waals surface area (Å²) in [4.78, 5) is 25.3. The number of carboxylic acids is 1. The number of aliphatic carboxylic acids is 1. The Bertz CT molecular complexity index is 723. The fraction of sp³-hybridized carbons (Fsp3) is 0.375. The molecule has 1 aliphatic rings. The van der Waals surface area contributed by atoms with E-state index < -0.39 is 12.0 Å². The van der Waals surface area contributed by atoms with Crippen LogP contribution in [0.3, 0.4) is 0 Å². The van der Waals surface area contributed by atoms with Gasteiger partial charge in [-0.05, 0) is 38.3 Å². The molecule has 7 heteroatoms. The molecule has 2 heterocycles. The number of carbonyl (C=O) groups excluding carboxylic acids is 1. The van der Waals surface area contributed by atoms with Crippen LogP contribution in [-0.2, 0) is 4.79 Å². The van der Waals surface area contributed by atoms with Crippen LogP contribution in [0.15, 0.2) is 30.5 Å². The number of carboxylic acid groups (broad SMARTS) is 1. The fourth-order valence-corrected chi connectivity index (χ4v) is 2.76. The van der Waals surface area contributed by atoms with E-state index >= 15 is 0 Å². The van der Waals surface area contributed by atoms with E-state index in [4.69, 9.17) is 0 Å². The van der Waals surface area contributed by atoms with E-state index in [9.17, 15) is 14.7 Å². The van der Waals surface area contributed by atoms with Crippen molar-refractivity contribution in [3.63, 3.8) is 0 Å². The number of hydrogen-bond acceptors (Lipinski definition) is 4. The molecule has 0 bridgehead atoms. The molecule has 1 fully saturated rings. The summed E-state index contributed by atoms with van der Waals surface area (Å²) in [7, 11) is 0. The first kappa shape index (κ1) is 15.2. The maximum absolute atomic E-state index is 12.6. The molecule has 1 N–H and O–H groups in total. The van der Waals surface area contributed by atoms with E-state index in [1.807, 2.05) is 31.2 Å². The van der Waals surface area contributed by atoms with Crippen molar-refractivity contribution in [2.75, 3.05) is 6.54 Å². The molecule has 7 nitrogen and oxygen atoms in total. The van der Waals surface area contributed by atoms with Crippen LogP contribution in [-0.4, -0.2) is 49.5 Å². The highest BCUT2D eigenvalue weighted by atomic mass is 16.4. The lowest BCUT2D eigenvalue weighted by Gasteiger charge is -2.32. The Kier molecular flexibility index (Phi) is 4.10. The number of benzene rings is 1. The van der Waals surface area contributed by atoms with Crippen molar-refractivity contribution in [2.24, 2.45) is 0 Å². The number of likely N-dealkylation sites (tertiary alicyclic amines) is 1. The Morgan fingerprint density at radius 3 is 2.65 bits per heavy atom. The molecule has 1 aromatic heterocycles. The highest BCUT2D eigenvalue weighted by molar-refractivity contribution is 5.94. The zero-order valence-corrected chi connectivity index (χ0v) is 12.8. The fourth-order valence-electron chi connectivity index (χ4n) is 2.76. The zero-order chi connectivity index (χ0) is 16.4. The Balaban J connectivity index is 1.83. The van der Waals surface area contributed by atoms with Crippen LogP contribution in [0.2, 0.25) is 0 Å². The van der Waals surface area contributed by atoms with Gasteiger partial charge < -0.3 is 10.0 Å². The molecule has 120 valence electrons. The second kappa shape index (κ2) is 6.20. The van der Waals surface area contributed by atoms with E-state index in [2.05, 4.69) is 10.3 Å². The lowest BCUT2D eigenvalue weighted by atomic mass is 10.0. The Morgan fingerprint density at radius 2 is 1.96 bits per heavy atom. The van der Waals surface area contributed by atoms with Gasteiger partial charge in [0, 0.05) is 6.54 Å². The van der Waals surface area contributed by atoms with Gasteiger partial charge in [-0.1, -0.05) is 22.9 Å². The Labute approximate surface area is 133 Å². The molecular formula is C16H18N4O3. The van der Waals surface area contributed by atoms with Crippen LogP contribution in [0.4, 0.5) is 0 Å². The largest absolute Gasteiger partial charge is 0.480 e. The molecule has 1 aromatic carbocycles. The predicted octanol–water partition coefficient (Wildman–Crippen LogP) is 1.66. The summed E-state index contributed by atoms with van der Waals surface area (Å²) < 4.78 is 1.52. The Morgan fingerprint density at radius 1 is 1.22 bits per heavy atom. The number of rotatable bonds is 3. The maximum atomic E-state index is 12.6. The summed E-state index contributed by atoms with van der Waals surface area (Å²) >= 11 is 0. The van der Waals surface area contributed by atoms with Gasteiger partial charge in [0.05, 0.1) is 11.9 Å². The third-order valence-electron chi connectivity index (χ3n) is 4.06. The van der Waals surface area contributed by atoms with Crippen molar-refractivity contribution in [1.82, 2.24) is 19.9 Å². The molecule has 1 saturated heterocycles. The standard InChI is InChI=1S/C16H18N4O3/c1-11-5-7-12(8-6-11)20-10-13(17-18-20)15(21)19-9-3-2-4-14(19)16(22)23/h5-8,10,14H,2-4,9H2,1H3,(H,22,23). The van der Waals surface area contributed by atoms with Gasteiger partial charge in [-0.15, -0.1) is 5.10 Å². The quantitative estimate of drug-likeness (QED) is 0.930. The third kappa shape index (κ3) is 3.08. The van der Waals surface area contributed by atoms with Crippen LogP contribution < -0.4 is 0 Å². The molecule has 0 aliphatic carbocycles. The maximum Gasteiger partial charge on any atom is 0.326 e. The second-order valence-corrected chi connectivity index (χ2v) is 5.73. The van der Waals surface area contributed by atoms with E-state index in [1.54, 1.807) is 6.20 Å². The van der Waals surface area contributed by atoms with Crippen molar-refractivity contribution in [1.29, 1.82) is 0 Å². The molecule has 1 atom stereocenters. The first-order chi connectivity index (χ1) is 11.1. The first-order valence-electron chi connectivity index (χ1n) is 7.59. The Hall–Kier alpha value is -2.70. The first-order valence-corrected chi connectivity index (χ1v) is 7.59. The molecule has 2 aromatic rings.